The van der Waals surface area contributed by atoms with Gasteiger partial charge in [-0.1, -0.05) is 41.4 Å². The van der Waals surface area contributed by atoms with E-state index in [4.69, 9.17) is 16.3 Å². The highest BCUT2D eigenvalue weighted by atomic mass is 79.9. The Balaban J connectivity index is 2.22. The van der Waals surface area contributed by atoms with Gasteiger partial charge in [0.25, 0.3) is 11.6 Å². The minimum Gasteiger partial charge on any atom is -0.493 e. The Morgan fingerprint density at radius 2 is 2.04 bits per heavy atom. The molecule has 0 aliphatic rings. The van der Waals surface area contributed by atoms with Crippen LogP contribution in [-0.4, -0.2) is 17.4 Å². The van der Waals surface area contributed by atoms with E-state index in [1.165, 1.54) is 18.2 Å². The zero-order valence-corrected chi connectivity index (χ0v) is 16.6. The van der Waals surface area contributed by atoms with Gasteiger partial charge in [-0.3, -0.25) is 14.9 Å². The molecule has 1 amide bonds. The number of carbonyl (C=O) groups is 1. The maximum absolute atomic E-state index is 12.6. The van der Waals surface area contributed by atoms with Gasteiger partial charge in [0.05, 0.1) is 17.1 Å². The normalized spacial score (nSPS) is 10.7. The van der Waals surface area contributed by atoms with Gasteiger partial charge < -0.3 is 10.1 Å². The molecule has 0 saturated carbocycles. The Kier molecular flexibility index (Phi) is 6.99. The predicted octanol–water partition coefficient (Wildman–Crippen LogP) is 5.69. The van der Waals surface area contributed by atoms with Gasteiger partial charge in [0, 0.05) is 16.2 Å². The average molecular weight is 442 g/mol. The van der Waals surface area contributed by atoms with Crippen molar-refractivity contribution in [3.8, 4) is 5.75 Å². The summed E-state index contributed by atoms with van der Waals surface area (Å²) in [5.74, 6) is 0.509. The van der Waals surface area contributed by atoms with Gasteiger partial charge >= 0.3 is 0 Å². The van der Waals surface area contributed by atoms with Crippen LogP contribution in [0.15, 0.2) is 40.9 Å². The molecule has 0 spiro atoms. The number of carbonyl (C=O) groups excluding carboxylic acids is 1. The number of nitro benzene ring substituents is 1. The molecule has 0 fully saturated rings. The number of rotatable bonds is 7. The standard InChI is InChI=1S/C18H18BrClN2O4/c1-11(2)7-8-26-17-6-3-12(19)9-14(17)18(23)21-13-4-5-15(20)16(10-13)22(24)25/h3-6,9-11H,7-8H2,1-2H3,(H,21,23). The molecule has 0 bridgehead atoms. The maximum atomic E-state index is 12.6. The average Bonchev–Trinajstić information content (AvgIpc) is 2.57. The summed E-state index contributed by atoms with van der Waals surface area (Å²) in [6, 6.07) is 9.24. The van der Waals surface area contributed by atoms with E-state index in [2.05, 4.69) is 35.1 Å². The van der Waals surface area contributed by atoms with Crippen LogP contribution in [0.25, 0.3) is 0 Å². The van der Waals surface area contributed by atoms with E-state index in [1.54, 1.807) is 18.2 Å². The summed E-state index contributed by atoms with van der Waals surface area (Å²) in [4.78, 5) is 23.0. The lowest BCUT2D eigenvalue weighted by molar-refractivity contribution is -0.384. The molecule has 2 aromatic carbocycles. The Hall–Kier alpha value is -2.12. The summed E-state index contributed by atoms with van der Waals surface area (Å²) in [7, 11) is 0. The van der Waals surface area contributed by atoms with Crippen LogP contribution in [0.4, 0.5) is 11.4 Å². The van der Waals surface area contributed by atoms with Crippen molar-refractivity contribution in [1.82, 2.24) is 0 Å². The first-order valence-corrected chi connectivity index (χ1v) is 9.12. The second kappa shape index (κ2) is 9.00. The minimum absolute atomic E-state index is 0.00756. The zero-order valence-electron chi connectivity index (χ0n) is 14.3. The van der Waals surface area contributed by atoms with E-state index in [9.17, 15) is 14.9 Å². The molecule has 0 saturated heterocycles. The third kappa shape index (κ3) is 5.44. The number of ether oxygens (including phenoxy) is 1. The Bertz CT molecular complexity index is 827. The molecule has 0 unspecified atom stereocenters. The number of amides is 1. The molecule has 26 heavy (non-hydrogen) atoms. The number of hydrogen-bond acceptors (Lipinski definition) is 4. The van der Waals surface area contributed by atoms with Gasteiger partial charge in [-0.2, -0.15) is 0 Å². The molecule has 2 aromatic rings. The molecule has 6 nitrogen and oxygen atoms in total. The molecule has 0 radical (unpaired) electrons. The van der Waals surface area contributed by atoms with E-state index < -0.39 is 10.8 Å². The third-order valence-corrected chi connectivity index (χ3v) is 4.35. The van der Waals surface area contributed by atoms with Gasteiger partial charge in [-0.25, -0.2) is 0 Å². The topological polar surface area (TPSA) is 81.5 Å². The summed E-state index contributed by atoms with van der Waals surface area (Å²) in [6.07, 6.45) is 0.862. The molecular weight excluding hydrogens is 424 g/mol. The first-order chi connectivity index (χ1) is 12.3. The van der Waals surface area contributed by atoms with Gasteiger partial charge in [-0.15, -0.1) is 0 Å². The van der Waals surface area contributed by atoms with Crippen LogP contribution in [0.3, 0.4) is 0 Å². The first-order valence-electron chi connectivity index (χ1n) is 7.95. The number of halogens is 2. The lowest BCUT2D eigenvalue weighted by Gasteiger charge is -2.13. The fraction of sp³-hybridized carbons (Fsp3) is 0.278. The number of benzene rings is 2. The van der Waals surface area contributed by atoms with Crippen molar-refractivity contribution in [2.45, 2.75) is 20.3 Å². The summed E-state index contributed by atoms with van der Waals surface area (Å²) in [6.45, 7) is 4.67. The third-order valence-electron chi connectivity index (χ3n) is 3.54. The lowest BCUT2D eigenvalue weighted by atomic mass is 10.1. The maximum Gasteiger partial charge on any atom is 0.289 e. The van der Waals surface area contributed by atoms with Crippen molar-refractivity contribution in [3.63, 3.8) is 0 Å². The molecule has 138 valence electrons. The van der Waals surface area contributed by atoms with Crippen LogP contribution in [0.2, 0.25) is 5.02 Å². The highest BCUT2D eigenvalue weighted by Gasteiger charge is 2.17. The van der Waals surface area contributed by atoms with Gasteiger partial charge in [0.1, 0.15) is 10.8 Å². The molecule has 0 aliphatic carbocycles. The van der Waals surface area contributed by atoms with E-state index in [1.807, 2.05) is 0 Å². The molecular formula is C18H18BrClN2O4. The first kappa shape index (κ1) is 20.2. The summed E-state index contributed by atoms with van der Waals surface area (Å²) >= 11 is 9.13. The minimum atomic E-state index is -0.600. The van der Waals surface area contributed by atoms with E-state index >= 15 is 0 Å². The fourth-order valence-corrected chi connectivity index (χ4v) is 2.69. The Labute approximate surface area is 164 Å². The zero-order chi connectivity index (χ0) is 19.3. The number of nitrogens with one attached hydrogen (secondary N) is 1. The van der Waals surface area contributed by atoms with E-state index in [0.717, 1.165) is 10.9 Å². The van der Waals surface area contributed by atoms with E-state index in [-0.39, 0.29) is 16.4 Å². The highest BCUT2D eigenvalue weighted by molar-refractivity contribution is 9.10. The van der Waals surface area contributed by atoms with Crippen molar-refractivity contribution in [1.29, 1.82) is 0 Å². The molecule has 2 rings (SSSR count). The van der Waals surface area contributed by atoms with Crippen LogP contribution < -0.4 is 10.1 Å². The molecule has 8 heteroatoms. The SMILES string of the molecule is CC(C)CCOc1ccc(Br)cc1C(=O)Nc1ccc(Cl)c([N+](=O)[O-])c1. The van der Waals surface area contributed by atoms with Crippen molar-refractivity contribution in [2.75, 3.05) is 11.9 Å². The summed E-state index contributed by atoms with van der Waals surface area (Å²) in [5, 5.41) is 13.6. The second-order valence-corrected chi connectivity index (χ2v) is 7.37. The van der Waals surface area contributed by atoms with Crippen molar-refractivity contribution >= 4 is 44.8 Å². The molecule has 1 N–H and O–H groups in total. The lowest BCUT2D eigenvalue weighted by Crippen LogP contribution is -2.14. The van der Waals surface area contributed by atoms with Crippen molar-refractivity contribution in [3.05, 3.63) is 61.6 Å². The van der Waals surface area contributed by atoms with E-state index in [0.29, 0.717) is 23.8 Å². The number of anilines is 1. The summed E-state index contributed by atoms with van der Waals surface area (Å²) < 4.78 is 6.45. The number of hydrogen-bond donors (Lipinski definition) is 1. The van der Waals surface area contributed by atoms with Gasteiger partial charge in [-0.05, 0) is 42.7 Å². The largest absolute Gasteiger partial charge is 0.493 e. The molecule has 0 atom stereocenters. The van der Waals surface area contributed by atoms with Crippen molar-refractivity contribution < 1.29 is 14.5 Å². The quantitative estimate of drug-likeness (QED) is 0.442. The van der Waals surface area contributed by atoms with Crippen LogP contribution in [0.5, 0.6) is 5.75 Å². The van der Waals surface area contributed by atoms with Crippen molar-refractivity contribution in [2.24, 2.45) is 5.92 Å². The number of nitrogens with zero attached hydrogens (tertiary/aromatic N) is 1. The van der Waals surface area contributed by atoms with Gasteiger partial charge in [0.2, 0.25) is 0 Å². The molecule has 0 heterocycles. The monoisotopic (exact) mass is 440 g/mol. The van der Waals surface area contributed by atoms with Gasteiger partial charge in [0.15, 0.2) is 0 Å². The van der Waals surface area contributed by atoms with Crippen LogP contribution in [-0.2, 0) is 0 Å². The van der Waals surface area contributed by atoms with Crippen LogP contribution in [0.1, 0.15) is 30.6 Å². The highest BCUT2D eigenvalue weighted by Crippen LogP contribution is 2.29. The smallest absolute Gasteiger partial charge is 0.289 e. The molecule has 0 aromatic heterocycles. The molecule has 0 aliphatic heterocycles. The summed E-state index contributed by atoms with van der Waals surface area (Å²) in [5.41, 5.74) is 0.340. The number of nitro groups is 1. The Morgan fingerprint density at radius 1 is 1.31 bits per heavy atom. The van der Waals surface area contributed by atoms with Crippen LogP contribution in [0, 0.1) is 16.0 Å². The predicted molar refractivity (Wildman–Crippen MR) is 105 cm³/mol. The fourth-order valence-electron chi connectivity index (χ4n) is 2.14. The second-order valence-electron chi connectivity index (χ2n) is 6.05. The van der Waals surface area contributed by atoms with Crippen LogP contribution >= 0.6 is 27.5 Å². The Morgan fingerprint density at radius 3 is 2.69 bits per heavy atom.